The number of aromatic nitrogens is 2. The summed E-state index contributed by atoms with van der Waals surface area (Å²) in [7, 11) is 0. The summed E-state index contributed by atoms with van der Waals surface area (Å²) in [4.78, 5) is 15.8. The van der Waals surface area contributed by atoms with Gasteiger partial charge in [0.2, 0.25) is 11.5 Å². The summed E-state index contributed by atoms with van der Waals surface area (Å²) in [6.07, 6.45) is 3.99. The zero-order chi connectivity index (χ0) is 10.7. The molecule has 2 rings (SSSR count). The molecule has 0 fully saturated rings. The lowest BCUT2D eigenvalue weighted by atomic mass is 10.1. The van der Waals surface area contributed by atoms with Crippen LogP contribution in [0.2, 0.25) is 0 Å². The van der Waals surface area contributed by atoms with Crippen LogP contribution < -0.4 is 0 Å². The zero-order valence-corrected chi connectivity index (χ0v) is 8.56. The number of Topliss-reactive ketones (excluding diaryl/α,β-unsaturated/α-hetero) is 1. The van der Waals surface area contributed by atoms with Crippen LogP contribution in [0.5, 0.6) is 0 Å². The minimum atomic E-state index is -0.0157. The Kier molecular flexibility index (Phi) is 2.76. The third-order valence-corrected chi connectivity index (χ3v) is 2.25. The number of unbranched alkanes of at least 4 members (excludes halogenated alkanes) is 1. The van der Waals surface area contributed by atoms with E-state index in [2.05, 4.69) is 10.1 Å². The molecule has 0 spiro atoms. The lowest BCUT2D eigenvalue weighted by molar-refractivity contribution is 0.0946. The van der Waals surface area contributed by atoms with Crippen LogP contribution in [0.4, 0.5) is 0 Å². The van der Waals surface area contributed by atoms with Gasteiger partial charge in [-0.2, -0.15) is 0 Å². The first-order valence-corrected chi connectivity index (χ1v) is 5.06. The average Bonchev–Trinajstić information content (AvgIpc) is 2.69. The van der Waals surface area contributed by atoms with Crippen molar-refractivity contribution in [3.05, 3.63) is 24.1 Å². The predicted molar refractivity (Wildman–Crippen MR) is 55.7 cm³/mol. The van der Waals surface area contributed by atoms with Gasteiger partial charge in [0, 0.05) is 12.6 Å². The third kappa shape index (κ3) is 1.88. The Labute approximate surface area is 87.3 Å². The monoisotopic (exact) mass is 204 g/mol. The Morgan fingerprint density at radius 3 is 3.20 bits per heavy atom. The maximum atomic E-state index is 11.7. The van der Waals surface area contributed by atoms with Gasteiger partial charge in [0.25, 0.3) is 0 Å². The van der Waals surface area contributed by atoms with Crippen molar-refractivity contribution in [1.82, 2.24) is 10.1 Å². The first-order chi connectivity index (χ1) is 7.33. The van der Waals surface area contributed by atoms with Gasteiger partial charge in [-0.3, -0.25) is 9.78 Å². The molecule has 0 aliphatic carbocycles. The molecular formula is C11H12N2O2. The molecule has 0 unspecified atom stereocenters. The minimum Gasteiger partial charge on any atom is -0.350 e. The van der Waals surface area contributed by atoms with Gasteiger partial charge in [0.05, 0.1) is 0 Å². The van der Waals surface area contributed by atoms with E-state index in [0.29, 0.717) is 23.2 Å². The number of carbonyl (C=O) groups is 1. The molecule has 0 N–H and O–H groups in total. The van der Waals surface area contributed by atoms with E-state index in [4.69, 9.17) is 4.52 Å². The van der Waals surface area contributed by atoms with Crippen molar-refractivity contribution >= 4 is 16.8 Å². The van der Waals surface area contributed by atoms with E-state index >= 15 is 0 Å². The van der Waals surface area contributed by atoms with E-state index in [1.165, 1.54) is 0 Å². The van der Waals surface area contributed by atoms with Crippen LogP contribution in [0.3, 0.4) is 0 Å². The number of fused-ring (bicyclic) bond motifs is 1. The van der Waals surface area contributed by atoms with Crippen molar-refractivity contribution in [2.45, 2.75) is 26.2 Å². The Balaban J connectivity index is 2.31. The highest BCUT2D eigenvalue weighted by Crippen LogP contribution is 2.17. The van der Waals surface area contributed by atoms with Gasteiger partial charge in [-0.1, -0.05) is 18.5 Å². The molecule has 0 saturated carbocycles. The Morgan fingerprint density at radius 1 is 1.53 bits per heavy atom. The highest BCUT2D eigenvalue weighted by atomic mass is 16.5. The van der Waals surface area contributed by atoms with Gasteiger partial charge >= 0.3 is 0 Å². The van der Waals surface area contributed by atoms with Crippen molar-refractivity contribution < 1.29 is 9.32 Å². The fraction of sp³-hybridized carbons (Fsp3) is 0.364. The lowest BCUT2D eigenvalue weighted by Gasteiger charge is -1.93. The summed E-state index contributed by atoms with van der Waals surface area (Å²) in [6.45, 7) is 2.05. The molecule has 0 aromatic carbocycles. The Bertz CT molecular complexity index is 476. The summed E-state index contributed by atoms with van der Waals surface area (Å²) in [5.41, 5.74) is 1.20. The van der Waals surface area contributed by atoms with Crippen molar-refractivity contribution in [1.29, 1.82) is 0 Å². The first-order valence-electron chi connectivity index (χ1n) is 5.06. The standard InChI is InChI=1S/C11H12N2O2/c1-2-3-6-9(14)11-10-8(13-15-11)5-4-7-12-10/h4-5,7H,2-3,6H2,1H3. The maximum Gasteiger partial charge on any atom is 0.228 e. The SMILES string of the molecule is CCCCC(=O)c1onc2cccnc12. The minimum absolute atomic E-state index is 0.0157. The van der Waals surface area contributed by atoms with Crippen LogP contribution in [-0.4, -0.2) is 15.9 Å². The second kappa shape index (κ2) is 4.21. The molecule has 0 aliphatic heterocycles. The van der Waals surface area contributed by atoms with Crippen molar-refractivity contribution in [3.8, 4) is 0 Å². The lowest BCUT2D eigenvalue weighted by Crippen LogP contribution is -1.97. The maximum absolute atomic E-state index is 11.7. The summed E-state index contributed by atoms with van der Waals surface area (Å²) >= 11 is 0. The molecule has 2 aromatic heterocycles. The number of rotatable bonds is 4. The molecule has 0 saturated heterocycles. The molecule has 4 heteroatoms. The van der Waals surface area contributed by atoms with Crippen LogP contribution >= 0.6 is 0 Å². The van der Waals surface area contributed by atoms with Gasteiger partial charge in [-0.25, -0.2) is 0 Å². The summed E-state index contributed by atoms with van der Waals surface area (Å²) < 4.78 is 5.01. The van der Waals surface area contributed by atoms with Crippen LogP contribution in [0.15, 0.2) is 22.9 Å². The molecule has 2 heterocycles. The number of carbonyl (C=O) groups excluding carboxylic acids is 1. The fourth-order valence-electron chi connectivity index (χ4n) is 1.42. The van der Waals surface area contributed by atoms with Crippen molar-refractivity contribution in [2.75, 3.05) is 0 Å². The summed E-state index contributed by atoms with van der Waals surface area (Å²) in [5, 5.41) is 3.79. The second-order valence-electron chi connectivity index (χ2n) is 3.41. The van der Waals surface area contributed by atoms with Gasteiger partial charge in [0.15, 0.2) is 0 Å². The highest BCUT2D eigenvalue weighted by molar-refractivity contribution is 6.03. The van der Waals surface area contributed by atoms with E-state index in [0.717, 1.165) is 12.8 Å². The molecule has 15 heavy (non-hydrogen) atoms. The van der Waals surface area contributed by atoms with E-state index in [9.17, 15) is 4.79 Å². The van der Waals surface area contributed by atoms with Crippen LogP contribution in [-0.2, 0) is 0 Å². The number of ketones is 1. The molecule has 78 valence electrons. The second-order valence-corrected chi connectivity index (χ2v) is 3.41. The predicted octanol–water partition coefficient (Wildman–Crippen LogP) is 2.60. The van der Waals surface area contributed by atoms with Crippen LogP contribution in [0.1, 0.15) is 36.7 Å². The molecular weight excluding hydrogens is 192 g/mol. The Morgan fingerprint density at radius 2 is 2.40 bits per heavy atom. The van der Waals surface area contributed by atoms with E-state index in [1.54, 1.807) is 18.3 Å². The topological polar surface area (TPSA) is 56.0 Å². The van der Waals surface area contributed by atoms with Crippen molar-refractivity contribution in [3.63, 3.8) is 0 Å². The largest absolute Gasteiger partial charge is 0.350 e. The molecule has 0 atom stereocenters. The average molecular weight is 204 g/mol. The normalized spacial score (nSPS) is 10.7. The number of pyridine rings is 1. The van der Waals surface area contributed by atoms with Crippen molar-refractivity contribution in [2.24, 2.45) is 0 Å². The number of hydrogen-bond donors (Lipinski definition) is 0. The highest BCUT2D eigenvalue weighted by Gasteiger charge is 2.16. The first kappa shape index (κ1) is 9.83. The van der Waals surface area contributed by atoms with Gasteiger partial charge in [-0.15, -0.1) is 0 Å². The molecule has 0 aliphatic rings. The Hall–Kier alpha value is -1.71. The molecule has 4 nitrogen and oxygen atoms in total. The molecule has 2 aromatic rings. The van der Waals surface area contributed by atoms with Gasteiger partial charge < -0.3 is 4.52 Å². The molecule has 0 bridgehead atoms. The van der Waals surface area contributed by atoms with Gasteiger partial charge in [0.1, 0.15) is 11.0 Å². The van der Waals surface area contributed by atoms with E-state index in [-0.39, 0.29) is 5.78 Å². The molecule has 0 radical (unpaired) electrons. The molecule has 0 amide bonds. The fourth-order valence-corrected chi connectivity index (χ4v) is 1.42. The number of hydrogen-bond acceptors (Lipinski definition) is 4. The smallest absolute Gasteiger partial charge is 0.228 e. The zero-order valence-electron chi connectivity index (χ0n) is 8.56. The summed E-state index contributed by atoms with van der Waals surface area (Å²) in [6, 6.07) is 3.55. The van der Waals surface area contributed by atoms with Crippen LogP contribution in [0.25, 0.3) is 11.0 Å². The van der Waals surface area contributed by atoms with Gasteiger partial charge in [-0.05, 0) is 18.6 Å². The van der Waals surface area contributed by atoms with E-state index < -0.39 is 0 Å². The van der Waals surface area contributed by atoms with E-state index in [1.807, 2.05) is 6.92 Å². The quantitative estimate of drug-likeness (QED) is 0.718. The summed E-state index contributed by atoms with van der Waals surface area (Å²) in [5.74, 6) is 0.275. The number of nitrogens with zero attached hydrogens (tertiary/aromatic N) is 2. The van der Waals surface area contributed by atoms with Crippen LogP contribution in [0, 0.1) is 0 Å². The third-order valence-electron chi connectivity index (χ3n) is 2.25.